The highest BCUT2D eigenvalue weighted by molar-refractivity contribution is 7.10. The average molecular weight is 363 g/mol. The largest absolute Gasteiger partial charge is 0.481 e. The molecule has 0 radical (unpaired) electrons. The normalized spacial score (nSPS) is 28.6. The minimum atomic E-state index is -0.731. The van der Waals surface area contributed by atoms with Gasteiger partial charge in [0.05, 0.1) is 5.41 Å². The SMILES string of the molecule is O=C(NCCN1CCc2sccc2C1)N1C[C@@H]2CCC[C@@]2(C(=O)O)C1. The predicted molar refractivity (Wildman–Crippen MR) is 95.7 cm³/mol. The third-order valence-corrected chi connectivity index (χ3v) is 7.20. The minimum Gasteiger partial charge on any atom is -0.481 e. The second-order valence-electron chi connectivity index (χ2n) is 7.56. The number of amides is 2. The number of likely N-dealkylation sites (tertiary alicyclic amines) is 1. The number of nitrogens with one attached hydrogen (secondary N) is 1. The number of thiophene rings is 1. The van der Waals surface area contributed by atoms with E-state index in [-0.39, 0.29) is 11.9 Å². The lowest BCUT2D eigenvalue weighted by Crippen LogP contribution is -2.44. The molecule has 136 valence electrons. The lowest BCUT2D eigenvalue weighted by molar-refractivity contribution is -0.149. The van der Waals surface area contributed by atoms with Crippen LogP contribution in [0.3, 0.4) is 0 Å². The molecular weight excluding hydrogens is 338 g/mol. The molecule has 1 aliphatic carbocycles. The van der Waals surface area contributed by atoms with Crippen LogP contribution >= 0.6 is 11.3 Å². The van der Waals surface area contributed by atoms with Crippen LogP contribution in [0.2, 0.25) is 0 Å². The maximum Gasteiger partial charge on any atom is 0.317 e. The van der Waals surface area contributed by atoms with Crippen molar-refractivity contribution in [1.82, 2.24) is 15.1 Å². The van der Waals surface area contributed by atoms with E-state index in [0.29, 0.717) is 26.1 Å². The van der Waals surface area contributed by atoms with Gasteiger partial charge in [0, 0.05) is 44.1 Å². The molecule has 1 aromatic heterocycles. The van der Waals surface area contributed by atoms with Gasteiger partial charge in [0.15, 0.2) is 0 Å². The van der Waals surface area contributed by atoms with Gasteiger partial charge in [-0.2, -0.15) is 0 Å². The molecule has 3 aliphatic rings. The summed E-state index contributed by atoms with van der Waals surface area (Å²) in [6.45, 7) is 4.39. The van der Waals surface area contributed by atoms with Crippen LogP contribution < -0.4 is 5.32 Å². The number of fused-ring (bicyclic) bond motifs is 2. The van der Waals surface area contributed by atoms with Crippen LogP contribution in [0.4, 0.5) is 4.79 Å². The number of hydrogen-bond acceptors (Lipinski definition) is 4. The van der Waals surface area contributed by atoms with Crippen LogP contribution in [-0.4, -0.2) is 59.6 Å². The molecule has 6 nitrogen and oxygen atoms in total. The smallest absolute Gasteiger partial charge is 0.317 e. The molecule has 0 bridgehead atoms. The molecule has 7 heteroatoms. The van der Waals surface area contributed by atoms with Crippen LogP contribution in [-0.2, 0) is 17.8 Å². The van der Waals surface area contributed by atoms with Gasteiger partial charge in [-0.05, 0) is 42.2 Å². The Bertz CT molecular complexity index is 676. The zero-order valence-corrected chi connectivity index (χ0v) is 15.2. The Balaban J connectivity index is 1.26. The number of nitrogens with zero attached hydrogens (tertiary/aromatic N) is 2. The topological polar surface area (TPSA) is 72.9 Å². The van der Waals surface area contributed by atoms with E-state index >= 15 is 0 Å². The Kier molecular flexibility index (Phi) is 4.45. The van der Waals surface area contributed by atoms with Crippen molar-refractivity contribution in [3.05, 3.63) is 21.9 Å². The summed E-state index contributed by atoms with van der Waals surface area (Å²) in [6.07, 6.45) is 3.68. The Morgan fingerprint density at radius 2 is 2.32 bits per heavy atom. The van der Waals surface area contributed by atoms with Gasteiger partial charge >= 0.3 is 12.0 Å². The molecule has 1 aromatic rings. The van der Waals surface area contributed by atoms with Crippen molar-refractivity contribution in [1.29, 1.82) is 0 Å². The van der Waals surface area contributed by atoms with Gasteiger partial charge in [-0.1, -0.05) is 6.42 Å². The molecule has 2 amide bonds. The van der Waals surface area contributed by atoms with E-state index in [9.17, 15) is 14.7 Å². The fourth-order valence-electron chi connectivity index (χ4n) is 4.72. The molecule has 2 fully saturated rings. The molecule has 1 saturated carbocycles. The second-order valence-corrected chi connectivity index (χ2v) is 8.56. The van der Waals surface area contributed by atoms with Gasteiger partial charge in [-0.15, -0.1) is 11.3 Å². The summed E-state index contributed by atoms with van der Waals surface area (Å²) in [7, 11) is 0. The second kappa shape index (κ2) is 6.61. The number of carboxylic acid groups (broad SMARTS) is 1. The number of urea groups is 1. The number of rotatable bonds is 4. The van der Waals surface area contributed by atoms with Crippen LogP contribution in [0.5, 0.6) is 0 Å². The fraction of sp³-hybridized carbons (Fsp3) is 0.667. The molecule has 0 unspecified atom stereocenters. The standard InChI is InChI=1S/C18H25N3O3S/c22-16(23)18-5-1-2-14(18)11-21(12-18)17(24)19-6-8-20-7-3-15-13(10-20)4-9-25-15/h4,9,14H,1-3,5-8,10-12H2,(H,19,24)(H,22,23)/t14-,18+/m0/s1. The monoisotopic (exact) mass is 363 g/mol. The maximum absolute atomic E-state index is 12.4. The molecule has 2 aliphatic heterocycles. The van der Waals surface area contributed by atoms with Crippen molar-refractivity contribution < 1.29 is 14.7 Å². The van der Waals surface area contributed by atoms with Crippen LogP contribution in [0.1, 0.15) is 29.7 Å². The van der Waals surface area contributed by atoms with E-state index in [2.05, 4.69) is 21.7 Å². The van der Waals surface area contributed by atoms with Crippen LogP contribution in [0, 0.1) is 11.3 Å². The first-order valence-corrected chi connectivity index (χ1v) is 10.0. The summed E-state index contributed by atoms with van der Waals surface area (Å²) in [5.74, 6) is -0.611. The fourth-order valence-corrected chi connectivity index (χ4v) is 5.61. The van der Waals surface area contributed by atoms with Crippen molar-refractivity contribution in [3.8, 4) is 0 Å². The number of hydrogen-bond donors (Lipinski definition) is 2. The summed E-state index contributed by atoms with van der Waals surface area (Å²) >= 11 is 1.83. The summed E-state index contributed by atoms with van der Waals surface area (Å²) < 4.78 is 0. The van der Waals surface area contributed by atoms with E-state index in [1.54, 1.807) is 4.90 Å². The van der Waals surface area contributed by atoms with Crippen molar-refractivity contribution in [2.24, 2.45) is 11.3 Å². The average Bonchev–Trinajstić information content (AvgIpc) is 3.27. The lowest BCUT2D eigenvalue weighted by Gasteiger charge is -2.27. The predicted octanol–water partition coefficient (Wildman–Crippen LogP) is 2.00. The summed E-state index contributed by atoms with van der Waals surface area (Å²) in [4.78, 5) is 29.7. The van der Waals surface area contributed by atoms with Crippen molar-refractivity contribution in [2.75, 3.05) is 32.7 Å². The van der Waals surface area contributed by atoms with E-state index in [1.165, 1.54) is 10.4 Å². The zero-order chi connectivity index (χ0) is 17.4. The van der Waals surface area contributed by atoms with Crippen molar-refractivity contribution in [3.63, 3.8) is 0 Å². The molecule has 2 N–H and O–H groups in total. The highest BCUT2D eigenvalue weighted by Crippen LogP contribution is 2.48. The van der Waals surface area contributed by atoms with Gasteiger partial charge in [0.1, 0.15) is 0 Å². The molecule has 3 heterocycles. The summed E-state index contributed by atoms with van der Waals surface area (Å²) in [5, 5.41) is 14.8. The third kappa shape index (κ3) is 3.04. The van der Waals surface area contributed by atoms with E-state index in [4.69, 9.17) is 0 Å². The number of aliphatic carboxylic acids is 1. The first kappa shape index (κ1) is 16.8. The molecular formula is C18H25N3O3S. The summed E-state index contributed by atoms with van der Waals surface area (Å²) in [6, 6.07) is 2.09. The van der Waals surface area contributed by atoms with E-state index < -0.39 is 11.4 Å². The Morgan fingerprint density at radius 3 is 3.12 bits per heavy atom. The molecule has 0 aromatic carbocycles. The zero-order valence-electron chi connectivity index (χ0n) is 14.4. The van der Waals surface area contributed by atoms with E-state index in [0.717, 1.165) is 38.9 Å². The molecule has 25 heavy (non-hydrogen) atoms. The van der Waals surface area contributed by atoms with Gasteiger partial charge in [0.2, 0.25) is 0 Å². The Labute approximate surface area is 151 Å². The van der Waals surface area contributed by atoms with Crippen molar-refractivity contribution in [2.45, 2.75) is 32.2 Å². The number of carbonyl (C=O) groups excluding carboxylic acids is 1. The minimum absolute atomic E-state index is 0.108. The molecule has 0 spiro atoms. The third-order valence-electron chi connectivity index (χ3n) is 6.17. The first-order chi connectivity index (χ1) is 12.1. The summed E-state index contributed by atoms with van der Waals surface area (Å²) in [5.41, 5.74) is 0.720. The quantitative estimate of drug-likeness (QED) is 0.858. The number of carbonyl (C=O) groups is 2. The molecule has 4 rings (SSSR count). The van der Waals surface area contributed by atoms with Gasteiger partial charge in [-0.3, -0.25) is 9.69 Å². The van der Waals surface area contributed by atoms with Gasteiger partial charge < -0.3 is 15.3 Å². The van der Waals surface area contributed by atoms with E-state index in [1.807, 2.05) is 11.3 Å². The van der Waals surface area contributed by atoms with Gasteiger partial charge in [0.25, 0.3) is 0 Å². The molecule has 1 saturated heterocycles. The first-order valence-electron chi connectivity index (χ1n) is 9.12. The van der Waals surface area contributed by atoms with Gasteiger partial charge in [-0.25, -0.2) is 4.79 Å². The van der Waals surface area contributed by atoms with Crippen LogP contribution in [0.25, 0.3) is 0 Å². The highest BCUT2D eigenvalue weighted by Gasteiger charge is 2.55. The Morgan fingerprint density at radius 1 is 1.44 bits per heavy atom. The highest BCUT2D eigenvalue weighted by atomic mass is 32.1. The maximum atomic E-state index is 12.4. The van der Waals surface area contributed by atoms with Crippen molar-refractivity contribution >= 4 is 23.3 Å². The molecule has 2 atom stereocenters. The van der Waals surface area contributed by atoms with Crippen LogP contribution in [0.15, 0.2) is 11.4 Å². The lowest BCUT2D eigenvalue weighted by atomic mass is 9.81. The number of carboxylic acids is 1. The Hall–Kier alpha value is -1.60.